The molecule has 0 amide bonds. The van der Waals surface area contributed by atoms with Crippen LogP contribution in [0.2, 0.25) is 0 Å². The van der Waals surface area contributed by atoms with Crippen LogP contribution in [0.15, 0.2) is 6.20 Å². The fraction of sp³-hybridized carbons (Fsp3) is 0.727. The summed E-state index contributed by atoms with van der Waals surface area (Å²) in [6.07, 6.45) is 6.01. The lowest BCUT2D eigenvalue weighted by molar-refractivity contribution is 0.0474. The van der Waals surface area contributed by atoms with Gasteiger partial charge in [0, 0.05) is 25.0 Å². The molecule has 1 aromatic rings. The van der Waals surface area contributed by atoms with Crippen LogP contribution in [0.5, 0.6) is 0 Å². The summed E-state index contributed by atoms with van der Waals surface area (Å²) in [6.45, 7) is 3.38. The van der Waals surface area contributed by atoms with Gasteiger partial charge in [0.1, 0.15) is 5.82 Å². The van der Waals surface area contributed by atoms with Crippen molar-refractivity contribution in [3.63, 3.8) is 0 Å². The zero-order valence-electron chi connectivity index (χ0n) is 9.21. The molecular weight excluding hydrogens is 190 g/mol. The smallest absolute Gasteiger partial charge is 0.103 e. The van der Waals surface area contributed by atoms with E-state index in [-0.39, 0.29) is 0 Å². The Bertz CT molecular complexity index is 315. The minimum absolute atomic E-state index is 0.463. The van der Waals surface area contributed by atoms with Gasteiger partial charge < -0.3 is 15.4 Å². The third-order valence-electron chi connectivity index (χ3n) is 3.06. The third-order valence-corrected chi connectivity index (χ3v) is 3.06. The van der Waals surface area contributed by atoms with E-state index in [1.807, 2.05) is 13.1 Å². The second-order valence-electron chi connectivity index (χ2n) is 4.53. The molecule has 1 saturated carbocycles. The Labute approximate surface area is 90.1 Å². The van der Waals surface area contributed by atoms with Crippen LogP contribution >= 0.6 is 0 Å². The van der Waals surface area contributed by atoms with Crippen LogP contribution in [0, 0.1) is 6.92 Å². The quantitative estimate of drug-likeness (QED) is 0.696. The Morgan fingerprint density at radius 1 is 1.53 bits per heavy atom. The largest absolute Gasteiger partial charge is 0.389 e. The summed E-state index contributed by atoms with van der Waals surface area (Å²) in [5.41, 5.74) is 0.615. The van der Waals surface area contributed by atoms with Crippen molar-refractivity contribution < 1.29 is 5.11 Å². The highest BCUT2D eigenvalue weighted by atomic mass is 16.3. The van der Waals surface area contributed by atoms with Gasteiger partial charge in [-0.25, -0.2) is 4.98 Å². The summed E-state index contributed by atoms with van der Waals surface area (Å²) in [4.78, 5) is 7.29. The van der Waals surface area contributed by atoms with Crippen molar-refractivity contribution in [3.8, 4) is 0 Å². The lowest BCUT2D eigenvalue weighted by Gasteiger charge is -2.22. The summed E-state index contributed by atoms with van der Waals surface area (Å²) in [5, 5.41) is 13.4. The van der Waals surface area contributed by atoms with Crippen LogP contribution in [-0.4, -0.2) is 27.2 Å². The van der Waals surface area contributed by atoms with Gasteiger partial charge in [0.25, 0.3) is 0 Å². The fourth-order valence-corrected chi connectivity index (χ4v) is 2.20. The Hall–Kier alpha value is -0.870. The van der Waals surface area contributed by atoms with E-state index in [0.717, 1.165) is 43.7 Å². The van der Waals surface area contributed by atoms with Crippen LogP contribution in [-0.2, 0) is 6.54 Å². The number of imidazole rings is 1. The molecule has 1 fully saturated rings. The second kappa shape index (κ2) is 4.33. The molecule has 2 rings (SSSR count). The maximum Gasteiger partial charge on any atom is 0.103 e. The van der Waals surface area contributed by atoms with Crippen LogP contribution in [0.1, 0.15) is 37.2 Å². The average Bonchev–Trinajstić information content (AvgIpc) is 2.76. The molecule has 1 aliphatic rings. The SMILES string of the molecule is Cc1ncc(CNCC2(O)CCCC2)[nH]1. The molecule has 0 spiro atoms. The van der Waals surface area contributed by atoms with Gasteiger partial charge in [-0.2, -0.15) is 0 Å². The van der Waals surface area contributed by atoms with Crippen molar-refractivity contribution in [3.05, 3.63) is 17.7 Å². The molecule has 0 atom stereocenters. The average molecular weight is 209 g/mol. The lowest BCUT2D eigenvalue weighted by atomic mass is 10.0. The molecule has 0 unspecified atom stereocenters. The molecule has 84 valence electrons. The van der Waals surface area contributed by atoms with Gasteiger partial charge in [-0.3, -0.25) is 0 Å². The van der Waals surface area contributed by atoms with E-state index >= 15 is 0 Å². The minimum Gasteiger partial charge on any atom is -0.389 e. The molecule has 0 radical (unpaired) electrons. The van der Waals surface area contributed by atoms with E-state index < -0.39 is 5.60 Å². The number of hydrogen-bond acceptors (Lipinski definition) is 3. The summed E-state index contributed by atoms with van der Waals surface area (Å²) in [6, 6.07) is 0. The van der Waals surface area contributed by atoms with Crippen molar-refractivity contribution >= 4 is 0 Å². The van der Waals surface area contributed by atoms with Gasteiger partial charge in [-0.05, 0) is 19.8 Å². The van der Waals surface area contributed by atoms with Crippen LogP contribution in [0.25, 0.3) is 0 Å². The second-order valence-corrected chi connectivity index (χ2v) is 4.53. The van der Waals surface area contributed by atoms with Gasteiger partial charge in [-0.15, -0.1) is 0 Å². The van der Waals surface area contributed by atoms with Crippen LogP contribution in [0.3, 0.4) is 0 Å². The van der Waals surface area contributed by atoms with Gasteiger partial charge in [0.05, 0.1) is 5.60 Å². The molecule has 15 heavy (non-hydrogen) atoms. The first kappa shape index (κ1) is 10.6. The first-order chi connectivity index (χ1) is 7.18. The van der Waals surface area contributed by atoms with E-state index in [4.69, 9.17) is 0 Å². The number of aryl methyl sites for hydroxylation is 1. The molecule has 1 aliphatic carbocycles. The molecule has 4 heteroatoms. The molecule has 0 aliphatic heterocycles. The number of aromatic nitrogens is 2. The first-order valence-corrected chi connectivity index (χ1v) is 5.62. The highest BCUT2D eigenvalue weighted by Gasteiger charge is 2.30. The summed E-state index contributed by atoms with van der Waals surface area (Å²) in [7, 11) is 0. The molecular formula is C11H19N3O. The molecule has 0 bridgehead atoms. The van der Waals surface area contributed by atoms with E-state index in [1.165, 1.54) is 0 Å². The highest BCUT2D eigenvalue weighted by Crippen LogP contribution is 2.28. The summed E-state index contributed by atoms with van der Waals surface area (Å²) in [5.74, 6) is 0.936. The maximum atomic E-state index is 10.1. The van der Waals surface area contributed by atoms with E-state index in [1.54, 1.807) is 0 Å². The summed E-state index contributed by atoms with van der Waals surface area (Å²) < 4.78 is 0. The van der Waals surface area contributed by atoms with Gasteiger partial charge >= 0.3 is 0 Å². The van der Waals surface area contributed by atoms with Gasteiger partial charge in [-0.1, -0.05) is 12.8 Å². The molecule has 0 saturated heterocycles. The van der Waals surface area contributed by atoms with Gasteiger partial charge in [0.2, 0.25) is 0 Å². The zero-order chi connectivity index (χ0) is 10.7. The van der Waals surface area contributed by atoms with E-state index in [2.05, 4.69) is 15.3 Å². The van der Waals surface area contributed by atoms with Crippen molar-refractivity contribution in [2.24, 2.45) is 0 Å². The normalized spacial score (nSPS) is 19.6. The molecule has 0 aromatic carbocycles. The van der Waals surface area contributed by atoms with Crippen LogP contribution < -0.4 is 5.32 Å². The Morgan fingerprint density at radius 2 is 2.27 bits per heavy atom. The predicted octanol–water partition coefficient (Wildman–Crippen LogP) is 1.11. The number of H-pyrrole nitrogens is 1. The van der Waals surface area contributed by atoms with Crippen molar-refractivity contribution in [2.45, 2.75) is 44.8 Å². The third kappa shape index (κ3) is 2.79. The van der Waals surface area contributed by atoms with Crippen molar-refractivity contribution in [1.82, 2.24) is 15.3 Å². The fourth-order valence-electron chi connectivity index (χ4n) is 2.20. The first-order valence-electron chi connectivity index (χ1n) is 5.62. The van der Waals surface area contributed by atoms with Crippen molar-refractivity contribution in [1.29, 1.82) is 0 Å². The predicted molar refractivity (Wildman–Crippen MR) is 58.4 cm³/mol. The van der Waals surface area contributed by atoms with Crippen molar-refractivity contribution in [2.75, 3.05) is 6.54 Å². The lowest BCUT2D eigenvalue weighted by Crippen LogP contribution is -2.37. The molecule has 3 N–H and O–H groups in total. The number of aromatic amines is 1. The number of rotatable bonds is 4. The monoisotopic (exact) mass is 209 g/mol. The number of aliphatic hydroxyl groups is 1. The minimum atomic E-state index is -0.463. The maximum absolute atomic E-state index is 10.1. The number of nitrogens with one attached hydrogen (secondary N) is 2. The van der Waals surface area contributed by atoms with E-state index in [9.17, 15) is 5.11 Å². The molecule has 4 nitrogen and oxygen atoms in total. The number of hydrogen-bond donors (Lipinski definition) is 3. The van der Waals surface area contributed by atoms with Crippen LogP contribution in [0.4, 0.5) is 0 Å². The summed E-state index contributed by atoms with van der Waals surface area (Å²) >= 11 is 0. The number of nitrogens with zero attached hydrogens (tertiary/aromatic N) is 1. The molecule has 1 heterocycles. The van der Waals surface area contributed by atoms with Gasteiger partial charge in [0.15, 0.2) is 0 Å². The Balaban J connectivity index is 1.75. The Morgan fingerprint density at radius 3 is 2.87 bits per heavy atom. The Kier molecular flexibility index (Phi) is 3.07. The highest BCUT2D eigenvalue weighted by molar-refractivity contribution is 4.99. The topological polar surface area (TPSA) is 60.9 Å². The zero-order valence-corrected chi connectivity index (χ0v) is 9.21. The van der Waals surface area contributed by atoms with E-state index in [0.29, 0.717) is 6.54 Å². The molecule has 1 aromatic heterocycles. The standard InChI is InChI=1S/C11H19N3O/c1-9-13-7-10(14-9)6-12-8-11(15)4-2-3-5-11/h7,12,15H,2-6,8H2,1H3,(H,13,14).